The summed E-state index contributed by atoms with van der Waals surface area (Å²) in [4.78, 5) is 11.7. The van der Waals surface area contributed by atoms with Crippen LogP contribution in [0.15, 0.2) is 48.5 Å². The molecule has 0 aliphatic carbocycles. The molecule has 6 heteroatoms. The van der Waals surface area contributed by atoms with Gasteiger partial charge in [0.2, 0.25) is 5.88 Å². The number of benzene rings is 2. The van der Waals surface area contributed by atoms with E-state index in [-0.39, 0.29) is 6.61 Å². The number of hydrogen-bond acceptors (Lipinski definition) is 3. The van der Waals surface area contributed by atoms with Gasteiger partial charge in [-0.25, -0.2) is 4.79 Å². The van der Waals surface area contributed by atoms with E-state index in [0.29, 0.717) is 22.5 Å². The van der Waals surface area contributed by atoms with Crippen molar-refractivity contribution in [1.82, 2.24) is 4.57 Å². The molecule has 0 radical (unpaired) electrons. The standard InChI is InChI=1S/C18H15Cl2NO3/c1-2-23-18(22)24-17-10-13-5-3-4-6-16(13)21(17)11-12-7-8-14(19)15(20)9-12/h3-10H,2,11H2,1H3. The van der Waals surface area contributed by atoms with Crippen LogP contribution in [0, 0.1) is 0 Å². The maximum atomic E-state index is 11.7. The number of carbonyl (C=O) groups is 1. The van der Waals surface area contributed by atoms with Gasteiger partial charge in [0, 0.05) is 11.5 Å². The molecule has 2 aromatic carbocycles. The fourth-order valence-corrected chi connectivity index (χ4v) is 2.81. The van der Waals surface area contributed by atoms with Crippen molar-refractivity contribution in [1.29, 1.82) is 0 Å². The lowest BCUT2D eigenvalue weighted by Gasteiger charge is -2.11. The van der Waals surface area contributed by atoms with Crippen molar-refractivity contribution in [3.63, 3.8) is 0 Å². The highest BCUT2D eigenvalue weighted by atomic mass is 35.5. The van der Waals surface area contributed by atoms with Crippen LogP contribution in [-0.2, 0) is 11.3 Å². The van der Waals surface area contributed by atoms with Gasteiger partial charge in [0.05, 0.1) is 28.7 Å². The SMILES string of the molecule is CCOC(=O)Oc1cc2ccccc2n1Cc1ccc(Cl)c(Cl)c1. The number of hydrogen-bond donors (Lipinski definition) is 0. The molecule has 0 aliphatic heterocycles. The van der Waals surface area contributed by atoms with Gasteiger partial charge in [0.25, 0.3) is 0 Å². The summed E-state index contributed by atoms with van der Waals surface area (Å²) in [5.74, 6) is 0.417. The number of carbonyl (C=O) groups excluding carboxylic acids is 1. The van der Waals surface area contributed by atoms with Gasteiger partial charge in [0.1, 0.15) is 0 Å². The van der Waals surface area contributed by atoms with Crippen LogP contribution in [0.3, 0.4) is 0 Å². The van der Waals surface area contributed by atoms with E-state index in [4.69, 9.17) is 32.7 Å². The van der Waals surface area contributed by atoms with Crippen molar-refractivity contribution in [2.45, 2.75) is 13.5 Å². The second-order valence-electron chi connectivity index (χ2n) is 5.16. The average molecular weight is 364 g/mol. The minimum absolute atomic E-state index is 0.256. The summed E-state index contributed by atoms with van der Waals surface area (Å²) in [6.45, 7) is 2.47. The van der Waals surface area contributed by atoms with Crippen LogP contribution < -0.4 is 4.74 Å². The molecule has 0 spiro atoms. The van der Waals surface area contributed by atoms with Crippen LogP contribution >= 0.6 is 23.2 Å². The van der Waals surface area contributed by atoms with Gasteiger partial charge in [-0.15, -0.1) is 0 Å². The third-order valence-corrected chi connectivity index (χ3v) is 4.29. The van der Waals surface area contributed by atoms with Gasteiger partial charge in [-0.05, 0) is 30.7 Å². The summed E-state index contributed by atoms with van der Waals surface area (Å²) in [5, 5.41) is 1.95. The maximum Gasteiger partial charge on any atom is 0.515 e. The Morgan fingerprint density at radius 2 is 1.88 bits per heavy atom. The molecule has 3 aromatic rings. The van der Waals surface area contributed by atoms with Crippen LogP contribution in [-0.4, -0.2) is 17.3 Å². The van der Waals surface area contributed by atoms with Crippen LogP contribution in [0.4, 0.5) is 4.79 Å². The van der Waals surface area contributed by atoms with Crippen LogP contribution in [0.25, 0.3) is 10.9 Å². The van der Waals surface area contributed by atoms with Crippen molar-refractivity contribution in [2.75, 3.05) is 6.61 Å². The molecule has 4 nitrogen and oxygen atoms in total. The molecule has 1 heterocycles. The zero-order valence-electron chi connectivity index (χ0n) is 13.0. The van der Waals surface area contributed by atoms with Crippen LogP contribution in [0.5, 0.6) is 5.88 Å². The van der Waals surface area contributed by atoms with E-state index in [2.05, 4.69) is 0 Å². The van der Waals surface area contributed by atoms with Crippen LogP contribution in [0.1, 0.15) is 12.5 Å². The molecule has 0 atom stereocenters. The first-order valence-electron chi connectivity index (χ1n) is 7.45. The van der Waals surface area contributed by atoms with E-state index >= 15 is 0 Å². The smallest absolute Gasteiger partial charge is 0.434 e. The molecule has 0 amide bonds. The minimum Gasteiger partial charge on any atom is -0.434 e. The zero-order valence-corrected chi connectivity index (χ0v) is 14.5. The Morgan fingerprint density at radius 3 is 2.62 bits per heavy atom. The van der Waals surface area contributed by atoms with Gasteiger partial charge in [-0.3, -0.25) is 0 Å². The van der Waals surface area contributed by atoms with Gasteiger partial charge in [-0.2, -0.15) is 0 Å². The minimum atomic E-state index is -0.726. The number of rotatable bonds is 4. The number of ether oxygens (including phenoxy) is 2. The van der Waals surface area contributed by atoms with Crippen molar-refractivity contribution in [3.8, 4) is 5.88 Å². The molecule has 124 valence electrons. The summed E-state index contributed by atoms with van der Waals surface area (Å²) in [5.41, 5.74) is 1.89. The van der Waals surface area contributed by atoms with E-state index in [9.17, 15) is 4.79 Å². The highest BCUT2D eigenvalue weighted by molar-refractivity contribution is 6.42. The number of aromatic nitrogens is 1. The lowest BCUT2D eigenvalue weighted by atomic mass is 10.2. The molecule has 0 saturated carbocycles. The van der Waals surface area contributed by atoms with E-state index in [1.165, 1.54) is 0 Å². The Bertz CT molecular complexity index is 889. The summed E-state index contributed by atoms with van der Waals surface area (Å²) in [6, 6.07) is 15.0. The van der Waals surface area contributed by atoms with Gasteiger partial charge >= 0.3 is 6.16 Å². The highest BCUT2D eigenvalue weighted by Gasteiger charge is 2.14. The zero-order chi connectivity index (χ0) is 17.1. The maximum absolute atomic E-state index is 11.7. The third-order valence-electron chi connectivity index (χ3n) is 3.55. The molecule has 0 bridgehead atoms. The fraction of sp³-hybridized carbons (Fsp3) is 0.167. The lowest BCUT2D eigenvalue weighted by Crippen LogP contribution is -2.13. The Kier molecular flexibility index (Phi) is 4.97. The Morgan fingerprint density at radius 1 is 1.08 bits per heavy atom. The van der Waals surface area contributed by atoms with Crippen molar-refractivity contribution in [2.24, 2.45) is 0 Å². The first kappa shape index (κ1) is 16.7. The summed E-state index contributed by atoms with van der Waals surface area (Å²) >= 11 is 12.1. The molecular weight excluding hydrogens is 349 g/mol. The second kappa shape index (κ2) is 7.16. The van der Waals surface area contributed by atoms with Gasteiger partial charge < -0.3 is 14.0 Å². The number of fused-ring (bicyclic) bond motifs is 1. The number of halogens is 2. The molecule has 3 rings (SSSR count). The first-order valence-corrected chi connectivity index (χ1v) is 8.21. The first-order chi connectivity index (χ1) is 11.6. The van der Waals surface area contributed by atoms with Crippen LogP contribution in [0.2, 0.25) is 10.0 Å². The molecule has 0 fully saturated rings. The second-order valence-corrected chi connectivity index (χ2v) is 5.98. The normalized spacial score (nSPS) is 10.8. The van der Waals surface area contributed by atoms with Gasteiger partial charge in [-0.1, -0.05) is 47.5 Å². The monoisotopic (exact) mass is 363 g/mol. The summed E-state index contributed by atoms with van der Waals surface area (Å²) < 4.78 is 12.1. The van der Waals surface area contributed by atoms with Crippen molar-refractivity contribution in [3.05, 3.63) is 64.1 Å². The average Bonchev–Trinajstić information content (AvgIpc) is 2.89. The van der Waals surface area contributed by atoms with E-state index < -0.39 is 6.16 Å². The largest absolute Gasteiger partial charge is 0.515 e. The van der Waals surface area contributed by atoms with E-state index in [1.807, 2.05) is 41.0 Å². The lowest BCUT2D eigenvalue weighted by molar-refractivity contribution is 0.101. The molecule has 0 unspecified atom stereocenters. The Labute approximate surface area is 149 Å². The predicted octanol–water partition coefficient (Wildman–Crippen LogP) is 5.53. The number of para-hydroxylation sites is 1. The Hall–Kier alpha value is -2.17. The van der Waals surface area contributed by atoms with Crippen molar-refractivity contribution >= 4 is 40.3 Å². The van der Waals surface area contributed by atoms with E-state index in [0.717, 1.165) is 16.5 Å². The third kappa shape index (κ3) is 3.50. The molecule has 0 saturated heterocycles. The molecule has 24 heavy (non-hydrogen) atoms. The molecule has 0 aliphatic rings. The highest BCUT2D eigenvalue weighted by Crippen LogP contribution is 2.29. The topological polar surface area (TPSA) is 40.5 Å². The quantitative estimate of drug-likeness (QED) is 0.572. The molecule has 1 aromatic heterocycles. The summed E-state index contributed by atoms with van der Waals surface area (Å²) in [7, 11) is 0. The Balaban J connectivity index is 2.00. The molecular formula is C18H15Cl2NO3. The van der Waals surface area contributed by atoms with Gasteiger partial charge in [0.15, 0.2) is 0 Å². The van der Waals surface area contributed by atoms with Crippen molar-refractivity contribution < 1.29 is 14.3 Å². The van der Waals surface area contributed by atoms with E-state index in [1.54, 1.807) is 19.1 Å². The predicted molar refractivity (Wildman–Crippen MR) is 95.2 cm³/mol. The molecule has 0 N–H and O–H groups in total. The number of nitrogens with zero attached hydrogens (tertiary/aromatic N) is 1. The summed E-state index contributed by atoms with van der Waals surface area (Å²) in [6.07, 6.45) is -0.726. The fourth-order valence-electron chi connectivity index (χ4n) is 2.49.